The average molecular weight is 380 g/mol. The molecule has 3 N–H and O–H groups in total. The smallest absolute Gasteiger partial charge is 0.407 e. The van der Waals surface area contributed by atoms with Crippen molar-refractivity contribution in [3.8, 4) is 0 Å². The molecular weight excluding hydrogens is 354 g/mol. The molecule has 1 aliphatic carbocycles. The Labute approximate surface area is 158 Å². The number of ether oxygens (including phenoxy) is 1. The first-order valence-electron chi connectivity index (χ1n) is 8.91. The van der Waals surface area contributed by atoms with Crippen molar-refractivity contribution in [2.45, 2.75) is 58.6 Å². The van der Waals surface area contributed by atoms with Gasteiger partial charge >= 0.3 is 6.09 Å². The van der Waals surface area contributed by atoms with Crippen LogP contribution in [0.1, 0.15) is 51.6 Å². The molecule has 0 radical (unpaired) electrons. The van der Waals surface area contributed by atoms with Crippen LogP contribution in [-0.2, 0) is 4.74 Å². The lowest BCUT2D eigenvalue weighted by atomic mass is 10.1. The second-order valence-corrected chi connectivity index (χ2v) is 8.35. The SMILES string of the molecule is Cc1cn(C2CCC(CNC(=O)OC(C)(C)C)C2)c2nc(Cl)nc(N)c12. The van der Waals surface area contributed by atoms with Crippen molar-refractivity contribution < 1.29 is 9.53 Å². The van der Waals surface area contributed by atoms with Crippen LogP contribution in [0.15, 0.2) is 6.20 Å². The summed E-state index contributed by atoms with van der Waals surface area (Å²) in [7, 11) is 0. The number of carbonyl (C=O) groups is 1. The Morgan fingerprint density at radius 3 is 2.85 bits per heavy atom. The third-order valence-corrected chi connectivity index (χ3v) is 4.87. The number of alkyl carbamates (subject to hydrolysis) is 1. The van der Waals surface area contributed by atoms with E-state index in [1.165, 1.54) is 0 Å². The maximum atomic E-state index is 11.8. The van der Waals surface area contributed by atoms with Gasteiger partial charge in [0, 0.05) is 18.8 Å². The topological polar surface area (TPSA) is 95.1 Å². The Bertz CT molecular complexity index is 827. The highest BCUT2D eigenvalue weighted by atomic mass is 35.5. The van der Waals surface area contributed by atoms with E-state index in [1.807, 2.05) is 27.7 Å². The van der Waals surface area contributed by atoms with E-state index >= 15 is 0 Å². The Kier molecular flexibility index (Phi) is 5.01. The number of nitrogen functional groups attached to an aromatic ring is 1. The second kappa shape index (κ2) is 6.95. The Morgan fingerprint density at radius 2 is 2.15 bits per heavy atom. The number of amides is 1. The van der Waals surface area contributed by atoms with Crippen LogP contribution in [-0.4, -0.2) is 32.8 Å². The Balaban J connectivity index is 1.68. The zero-order valence-electron chi connectivity index (χ0n) is 15.7. The van der Waals surface area contributed by atoms with Gasteiger partial charge < -0.3 is 20.4 Å². The maximum Gasteiger partial charge on any atom is 0.407 e. The molecule has 0 aliphatic heterocycles. The summed E-state index contributed by atoms with van der Waals surface area (Å²) >= 11 is 6.00. The number of nitrogens with one attached hydrogen (secondary N) is 1. The summed E-state index contributed by atoms with van der Waals surface area (Å²) in [6.45, 7) is 8.19. The van der Waals surface area contributed by atoms with Crippen molar-refractivity contribution >= 4 is 34.5 Å². The standard InChI is InChI=1S/C18H26ClN5O2/c1-10-9-24(15-13(10)14(20)22-16(19)23-15)12-6-5-11(7-12)8-21-17(25)26-18(2,3)4/h9,11-12H,5-8H2,1-4H3,(H,21,25)(H2,20,22,23). The highest BCUT2D eigenvalue weighted by Crippen LogP contribution is 2.38. The van der Waals surface area contributed by atoms with Crippen LogP contribution in [0.2, 0.25) is 5.28 Å². The van der Waals surface area contributed by atoms with Gasteiger partial charge in [-0.1, -0.05) is 0 Å². The fraction of sp³-hybridized carbons (Fsp3) is 0.611. The molecule has 1 aliphatic rings. The summed E-state index contributed by atoms with van der Waals surface area (Å²) in [5.41, 5.74) is 7.36. The molecule has 2 atom stereocenters. The van der Waals surface area contributed by atoms with Crippen molar-refractivity contribution in [2.24, 2.45) is 5.92 Å². The van der Waals surface area contributed by atoms with E-state index in [-0.39, 0.29) is 11.4 Å². The highest BCUT2D eigenvalue weighted by molar-refractivity contribution is 6.28. The zero-order valence-corrected chi connectivity index (χ0v) is 16.4. The quantitative estimate of drug-likeness (QED) is 0.790. The monoisotopic (exact) mass is 379 g/mol. The lowest BCUT2D eigenvalue weighted by molar-refractivity contribution is 0.0519. The maximum absolute atomic E-state index is 11.8. The second-order valence-electron chi connectivity index (χ2n) is 8.01. The van der Waals surface area contributed by atoms with Crippen LogP contribution in [0.3, 0.4) is 0 Å². The molecule has 0 aromatic carbocycles. The van der Waals surface area contributed by atoms with Crippen molar-refractivity contribution in [2.75, 3.05) is 12.3 Å². The fourth-order valence-corrected chi connectivity index (χ4v) is 3.82. The van der Waals surface area contributed by atoms with Gasteiger partial charge in [-0.15, -0.1) is 0 Å². The number of anilines is 1. The largest absolute Gasteiger partial charge is 0.444 e. The number of nitrogens with zero attached hydrogens (tertiary/aromatic N) is 3. The van der Waals surface area contributed by atoms with Crippen LogP contribution >= 0.6 is 11.6 Å². The first kappa shape index (κ1) is 18.8. The molecule has 142 valence electrons. The third kappa shape index (κ3) is 4.03. The molecule has 0 spiro atoms. The van der Waals surface area contributed by atoms with Crippen molar-refractivity contribution in [1.29, 1.82) is 0 Å². The minimum atomic E-state index is -0.483. The number of hydrogen-bond acceptors (Lipinski definition) is 5. The number of aryl methyl sites for hydroxylation is 1. The van der Waals surface area contributed by atoms with Crippen molar-refractivity contribution in [1.82, 2.24) is 19.9 Å². The summed E-state index contributed by atoms with van der Waals surface area (Å²) in [5, 5.41) is 3.90. The number of rotatable bonds is 3. The van der Waals surface area contributed by atoms with Crippen LogP contribution in [0.25, 0.3) is 11.0 Å². The summed E-state index contributed by atoms with van der Waals surface area (Å²) in [5.74, 6) is 0.817. The molecule has 7 nitrogen and oxygen atoms in total. The lowest BCUT2D eigenvalue weighted by Gasteiger charge is -2.20. The molecule has 2 unspecified atom stereocenters. The molecule has 3 rings (SSSR count). The predicted molar refractivity (Wildman–Crippen MR) is 102 cm³/mol. The van der Waals surface area contributed by atoms with E-state index in [9.17, 15) is 4.79 Å². The van der Waals surface area contributed by atoms with Gasteiger partial charge in [0.15, 0.2) is 0 Å². The Hall–Kier alpha value is -2.02. The molecule has 2 aromatic heterocycles. The van der Waals surface area contributed by atoms with Gasteiger partial charge in [0.25, 0.3) is 0 Å². The van der Waals surface area contributed by atoms with Gasteiger partial charge in [0.2, 0.25) is 5.28 Å². The number of nitrogens with two attached hydrogens (primary N) is 1. The zero-order chi connectivity index (χ0) is 19.1. The predicted octanol–water partition coefficient (Wildman–Crippen LogP) is 3.84. The molecule has 26 heavy (non-hydrogen) atoms. The number of hydrogen-bond donors (Lipinski definition) is 2. The van der Waals surface area contributed by atoms with Gasteiger partial charge in [-0.2, -0.15) is 4.98 Å². The Morgan fingerprint density at radius 1 is 1.42 bits per heavy atom. The number of aromatic nitrogens is 3. The van der Waals surface area contributed by atoms with Gasteiger partial charge in [0.05, 0.1) is 5.39 Å². The summed E-state index contributed by atoms with van der Waals surface area (Å²) < 4.78 is 7.45. The molecule has 0 saturated heterocycles. The van der Waals surface area contributed by atoms with Crippen LogP contribution in [0, 0.1) is 12.8 Å². The van der Waals surface area contributed by atoms with E-state index in [0.29, 0.717) is 24.3 Å². The number of carbonyl (C=O) groups excluding carboxylic acids is 1. The molecule has 1 fully saturated rings. The average Bonchev–Trinajstić information content (AvgIpc) is 3.08. The van der Waals surface area contributed by atoms with Crippen LogP contribution in [0.4, 0.5) is 10.6 Å². The third-order valence-electron chi connectivity index (χ3n) is 4.70. The van der Waals surface area contributed by atoms with E-state index in [4.69, 9.17) is 22.1 Å². The van der Waals surface area contributed by atoms with E-state index in [0.717, 1.165) is 35.9 Å². The molecule has 1 saturated carbocycles. The molecular formula is C18H26ClN5O2. The van der Waals surface area contributed by atoms with Gasteiger partial charge in [0.1, 0.15) is 17.1 Å². The summed E-state index contributed by atoms with van der Waals surface area (Å²) in [6, 6.07) is 0.307. The van der Waals surface area contributed by atoms with Gasteiger partial charge in [-0.3, -0.25) is 0 Å². The molecule has 2 aromatic rings. The van der Waals surface area contributed by atoms with E-state index in [1.54, 1.807) is 0 Å². The van der Waals surface area contributed by atoms with E-state index < -0.39 is 5.60 Å². The molecule has 2 heterocycles. The minimum Gasteiger partial charge on any atom is -0.444 e. The normalized spacial score (nSPS) is 20.5. The van der Waals surface area contributed by atoms with E-state index in [2.05, 4.69) is 26.0 Å². The minimum absolute atomic E-state index is 0.162. The van der Waals surface area contributed by atoms with Crippen molar-refractivity contribution in [3.05, 3.63) is 17.0 Å². The fourth-order valence-electron chi connectivity index (χ4n) is 3.64. The van der Waals surface area contributed by atoms with Gasteiger partial charge in [-0.25, -0.2) is 9.78 Å². The summed E-state index contributed by atoms with van der Waals surface area (Å²) in [6.07, 6.45) is 4.72. The van der Waals surface area contributed by atoms with Crippen molar-refractivity contribution in [3.63, 3.8) is 0 Å². The van der Waals surface area contributed by atoms with Gasteiger partial charge in [-0.05, 0) is 70.0 Å². The molecule has 0 bridgehead atoms. The lowest BCUT2D eigenvalue weighted by Crippen LogP contribution is -2.34. The summed E-state index contributed by atoms with van der Waals surface area (Å²) in [4.78, 5) is 20.3. The van der Waals surface area contributed by atoms with Crippen LogP contribution in [0.5, 0.6) is 0 Å². The first-order chi connectivity index (χ1) is 12.1. The molecule has 1 amide bonds. The number of fused-ring (bicyclic) bond motifs is 1. The highest BCUT2D eigenvalue weighted by Gasteiger charge is 2.29. The van der Waals surface area contributed by atoms with Crippen LogP contribution < -0.4 is 11.1 Å². The molecule has 8 heteroatoms. The number of halogens is 1. The first-order valence-corrected chi connectivity index (χ1v) is 9.29.